The minimum atomic E-state index is -0.238. The fourth-order valence-electron chi connectivity index (χ4n) is 2.75. The standard InChI is InChI=1S/C21H27N3O2.HI/c1-16(20(25)26-3)14-23-21(22-2)24-15-19(17-10-6-4-7-11-17)18-12-8-5-9-13-18;/h4-13,16,19H,14-15H2,1-3H3,(H2,22,23,24);1H. The third-order valence-electron chi connectivity index (χ3n) is 4.28. The van der Waals surface area contributed by atoms with Crippen LogP contribution >= 0.6 is 24.0 Å². The zero-order valence-corrected chi connectivity index (χ0v) is 18.3. The van der Waals surface area contributed by atoms with Gasteiger partial charge in [0.1, 0.15) is 0 Å². The van der Waals surface area contributed by atoms with Gasteiger partial charge in [-0.05, 0) is 11.1 Å². The van der Waals surface area contributed by atoms with E-state index in [0.29, 0.717) is 19.0 Å². The van der Waals surface area contributed by atoms with Gasteiger partial charge < -0.3 is 15.4 Å². The second-order valence-corrected chi connectivity index (χ2v) is 6.13. The van der Waals surface area contributed by atoms with E-state index >= 15 is 0 Å². The number of ether oxygens (including phenoxy) is 1. The zero-order chi connectivity index (χ0) is 18.8. The fraction of sp³-hybridized carbons (Fsp3) is 0.333. The van der Waals surface area contributed by atoms with Crippen molar-refractivity contribution in [1.29, 1.82) is 0 Å². The Kier molecular flexibility index (Phi) is 10.5. The number of carbonyl (C=O) groups is 1. The largest absolute Gasteiger partial charge is 0.469 e. The van der Waals surface area contributed by atoms with Gasteiger partial charge in [0.2, 0.25) is 0 Å². The number of benzene rings is 2. The molecule has 0 aromatic heterocycles. The Labute approximate surface area is 178 Å². The van der Waals surface area contributed by atoms with E-state index < -0.39 is 0 Å². The SMILES string of the molecule is CN=C(NCC(C)C(=O)OC)NCC(c1ccccc1)c1ccccc1.I. The maximum atomic E-state index is 11.5. The van der Waals surface area contributed by atoms with Crippen molar-refractivity contribution in [2.24, 2.45) is 10.9 Å². The van der Waals surface area contributed by atoms with Crippen LogP contribution in [0.15, 0.2) is 65.7 Å². The topological polar surface area (TPSA) is 62.7 Å². The van der Waals surface area contributed by atoms with Crippen LogP contribution in [0.1, 0.15) is 24.0 Å². The number of nitrogens with zero attached hydrogens (tertiary/aromatic N) is 1. The molecular weight excluding hydrogens is 453 g/mol. The summed E-state index contributed by atoms with van der Waals surface area (Å²) in [6.45, 7) is 2.98. The molecule has 6 heteroatoms. The van der Waals surface area contributed by atoms with E-state index in [0.717, 1.165) is 0 Å². The molecule has 2 aromatic carbocycles. The number of methoxy groups -OCH3 is 1. The summed E-state index contributed by atoms with van der Waals surface area (Å²) >= 11 is 0. The molecule has 0 saturated heterocycles. The van der Waals surface area contributed by atoms with Gasteiger partial charge in [-0.1, -0.05) is 67.6 Å². The molecule has 0 bridgehead atoms. The van der Waals surface area contributed by atoms with Crippen molar-refractivity contribution < 1.29 is 9.53 Å². The van der Waals surface area contributed by atoms with Crippen LogP contribution in [0.2, 0.25) is 0 Å². The van der Waals surface area contributed by atoms with Crippen molar-refractivity contribution in [2.45, 2.75) is 12.8 Å². The number of hydrogen-bond acceptors (Lipinski definition) is 3. The molecule has 0 aliphatic carbocycles. The normalized spacial score (nSPS) is 12.1. The lowest BCUT2D eigenvalue weighted by atomic mass is 9.91. The average molecular weight is 481 g/mol. The van der Waals surface area contributed by atoms with Crippen LogP contribution in [0.5, 0.6) is 0 Å². The monoisotopic (exact) mass is 481 g/mol. The molecular formula is C21H28IN3O2. The molecule has 0 fully saturated rings. The molecule has 0 amide bonds. The first-order valence-corrected chi connectivity index (χ1v) is 8.78. The molecule has 1 unspecified atom stereocenters. The summed E-state index contributed by atoms with van der Waals surface area (Å²) in [6.07, 6.45) is 0. The quantitative estimate of drug-likeness (QED) is 0.276. The predicted octanol–water partition coefficient (Wildman–Crippen LogP) is 3.41. The van der Waals surface area contributed by atoms with Crippen LogP contribution in [0.4, 0.5) is 0 Å². The molecule has 2 N–H and O–H groups in total. The van der Waals surface area contributed by atoms with E-state index in [1.807, 2.05) is 19.1 Å². The number of aliphatic imine (C=N–C) groups is 1. The summed E-state index contributed by atoms with van der Waals surface area (Å²) in [5.41, 5.74) is 2.48. The van der Waals surface area contributed by atoms with E-state index in [-0.39, 0.29) is 41.8 Å². The second kappa shape index (κ2) is 12.3. The molecule has 0 heterocycles. The van der Waals surface area contributed by atoms with Crippen LogP contribution in [0.3, 0.4) is 0 Å². The summed E-state index contributed by atoms with van der Waals surface area (Å²) in [5, 5.41) is 6.55. The molecule has 0 saturated carbocycles. The predicted molar refractivity (Wildman–Crippen MR) is 121 cm³/mol. The molecule has 0 radical (unpaired) electrons. The first-order chi connectivity index (χ1) is 12.7. The Morgan fingerprint density at radius 1 is 0.963 bits per heavy atom. The lowest BCUT2D eigenvalue weighted by Gasteiger charge is -2.21. The number of hydrogen-bond donors (Lipinski definition) is 2. The first kappa shape index (κ1) is 23.0. The van der Waals surface area contributed by atoms with E-state index in [9.17, 15) is 4.79 Å². The Bertz CT molecular complexity index is 668. The Morgan fingerprint density at radius 3 is 1.89 bits per heavy atom. The van der Waals surface area contributed by atoms with Crippen molar-refractivity contribution >= 4 is 35.9 Å². The second-order valence-electron chi connectivity index (χ2n) is 6.13. The molecule has 2 aromatic rings. The van der Waals surface area contributed by atoms with E-state index in [1.54, 1.807) is 7.05 Å². The van der Waals surface area contributed by atoms with Crippen LogP contribution in [-0.4, -0.2) is 39.2 Å². The van der Waals surface area contributed by atoms with Gasteiger partial charge in [0.25, 0.3) is 0 Å². The van der Waals surface area contributed by atoms with Gasteiger partial charge in [-0.25, -0.2) is 0 Å². The first-order valence-electron chi connectivity index (χ1n) is 8.78. The number of halogens is 1. The van der Waals surface area contributed by atoms with Crippen molar-refractivity contribution in [3.05, 3.63) is 71.8 Å². The van der Waals surface area contributed by atoms with Crippen LogP contribution in [0.25, 0.3) is 0 Å². The molecule has 0 aliphatic heterocycles. The molecule has 2 rings (SSSR count). The highest BCUT2D eigenvalue weighted by Crippen LogP contribution is 2.23. The lowest BCUT2D eigenvalue weighted by molar-refractivity contribution is -0.144. The minimum Gasteiger partial charge on any atom is -0.469 e. The van der Waals surface area contributed by atoms with Gasteiger partial charge >= 0.3 is 5.97 Å². The highest BCUT2D eigenvalue weighted by atomic mass is 127. The fourth-order valence-corrected chi connectivity index (χ4v) is 2.75. The van der Waals surface area contributed by atoms with Crippen molar-refractivity contribution in [3.63, 3.8) is 0 Å². The molecule has 5 nitrogen and oxygen atoms in total. The average Bonchev–Trinajstić information content (AvgIpc) is 2.71. The van der Waals surface area contributed by atoms with Crippen LogP contribution < -0.4 is 10.6 Å². The van der Waals surface area contributed by atoms with Crippen LogP contribution in [0, 0.1) is 5.92 Å². The molecule has 1 atom stereocenters. The van der Waals surface area contributed by atoms with Crippen molar-refractivity contribution in [3.8, 4) is 0 Å². The Hall–Kier alpha value is -2.09. The maximum absolute atomic E-state index is 11.5. The maximum Gasteiger partial charge on any atom is 0.310 e. The lowest BCUT2D eigenvalue weighted by Crippen LogP contribution is -2.42. The zero-order valence-electron chi connectivity index (χ0n) is 16.0. The highest BCUT2D eigenvalue weighted by Gasteiger charge is 2.16. The van der Waals surface area contributed by atoms with Crippen LogP contribution in [-0.2, 0) is 9.53 Å². The highest BCUT2D eigenvalue weighted by molar-refractivity contribution is 14.0. The number of esters is 1. The van der Waals surface area contributed by atoms with Crippen molar-refractivity contribution in [2.75, 3.05) is 27.2 Å². The van der Waals surface area contributed by atoms with E-state index in [2.05, 4.69) is 64.2 Å². The number of carbonyl (C=O) groups excluding carboxylic acids is 1. The minimum absolute atomic E-state index is 0. The smallest absolute Gasteiger partial charge is 0.310 e. The molecule has 146 valence electrons. The third kappa shape index (κ3) is 7.21. The number of guanidine groups is 1. The van der Waals surface area contributed by atoms with Gasteiger partial charge in [-0.3, -0.25) is 9.79 Å². The number of rotatable bonds is 7. The van der Waals surface area contributed by atoms with Gasteiger partial charge in [-0.15, -0.1) is 24.0 Å². The van der Waals surface area contributed by atoms with Gasteiger partial charge in [0.05, 0.1) is 13.0 Å². The molecule has 0 spiro atoms. The third-order valence-corrected chi connectivity index (χ3v) is 4.28. The molecule has 0 aliphatic rings. The van der Waals surface area contributed by atoms with Gasteiger partial charge in [-0.2, -0.15) is 0 Å². The summed E-state index contributed by atoms with van der Waals surface area (Å²) < 4.78 is 4.75. The summed E-state index contributed by atoms with van der Waals surface area (Å²) in [6, 6.07) is 20.8. The summed E-state index contributed by atoms with van der Waals surface area (Å²) in [7, 11) is 3.12. The van der Waals surface area contributed by atoms with E-state index in [4.69, 9.17) is 4.74 Å². The molecule has 27 heavy (non-hydrogen) atoms. The Morgan fingerprint density at radius 2 is 1.44 bits per heavy atom. The summed E-state index contributed by atoms with van der Waals surface area (Å²) in [4.78, 5) is 15.8. The Balaban J connectivity index is 0.00000364. The van der Waals surface area contributed by atoms with E-state index in [1.165, 1.54) is 18.2 Å². The van der Waals surface area contributed by atoms with Crippen molar-refractivity contribution in [1.82, 2.24) is 10.6 Å². The number of nitrogens with one attached hydrogen (secondary N) is 2. The van der Waals surface area contributed by atoms with Gasteiger partial charge in [0.15, 0.2) is 5.96 Å². The summed E-state index contributed by atoms with van der Waals surface area (Å²) in [5.74, 6) is 0.392. The van der Waals surface area contributed by atoms with Gasteiger partial charge in [0, 0.05) is 26.1 Å².